The Morgan fingerprint density at radius 3 is 2.38 bits per heavy atom. The van der Waals surface area contributed by atoms with Gasteiger partial charge in [-0.25, -0.2) is 0 Å². The minimum atomic E-state index is -0.773. The van der Waals surface area contributed by atoms with Crippen LogP contribution in [0.1, 0.15) is 61.7 Å². The molecule has 1 aromatic carbocycles. The highest BCUT2D eigenvalue weighted by Gasteiger charge is 2.35. The van der Waals surface area contributed by atoms with Crippen LogP contribution in [0.15, 0.2) is 24.3 Å². The van der Waals surface area contributed by atoms with E-state index in [4.69, 9.17) is 5.73 Å². The summed E-state index contributed by atoms with van der Waals surface area (Å²) in [6, 6.07) is 7.21. The van der Waals surface area contributed by atoms with Crippen molar-refractivity contribution in [3.8, 4) is 0 Å². The SMILES string of the molecule is NC1(C(=O)Nc2cccc(C(=O)N3CCCCC3)c2)CCCCC1. The summed E-state index contributed by atoms with van der Waals surface area (Å²) in [5.74, 6) is -0.0873. The van der Waals surface area contributed by atoms with E-state index in [1.165, 1.54) is 6.42 Å². The second-order valence-corrected chi connectivity index (χ2v) is 7.10. The molecule has 130 valence electrons. The van der Waals surface area contributed by atoms with Gasteiger partial charge in [-0.1, -0.05) is 25.3 Å². The molecule has 0 unspecified atom stereocenters. The molecule has 1 aliphatic carbocycles. The lowest BCUT2D eigenvalue weighted by atomic mass is 9.82. The smallest absolute Gasteiger partial charge is 0.253 e. The lowest BCUT2D eigenvalue weighted by Crippen LogP contribution is -2.52. The van der Waals surface area contributed by atoms with E-state index in [1.54, 1.807) is 6.07 Å². The number of rotatable bonds is 3. The minimum Gasteiger partial charge on any atom is -0.339 e. The number of nitrogens with zero attached hydrogens (tertiary/aromatic N) is 1. The third-order valence-electron chi connectivity index (χ3n) is 5.21. The topological polar surface area (TPSA) is 75.4 Å². The molecular formula is C19H27N3O2. The third-order valence-corrected chi connectivity index (χ3v) is 5.21. The second-order valence-electron chi connectivity index (χ2n) is 7.10. The lowest BCUT2D eigenvalue weighted by molar-refractivity contribution is -0.122. The third kappa shape index (κ3) is 3.78. The van der Waals surface area contributed by atoms with Crippen LogP contribution in [0, 0.1) is 0 Å². The molecule has 0 spiro atoms. The zero-order valence-corrected chi connectivity index (χ0v) is 14.2. The molecule has 0 bridgehead atoms. The van der Waals surface area contributed by atoms with E-state index in [-0.39, 0.29) is 11.8 Å². The van der Waals surface area contributed by atoms with Gasteiger partial charge in [0.25, 0.3) is 5.91 Å². The summed E-state index contributed by atoms with van der Waals surface area (Å²) in [6.45, 7) is 1.64. The highest BCUT2D eigenvalue weighted by molar-refractivity contribution is 6.00. The highest BCUT2D eigenvalue weighted by Crippen LogP contribution is 2.27. The molecule has 1 saturated heterocycles. The standard InChI is InChI=1S/C19H27N3O2/c20-19(10-3-1-4-11-19)18(24)21-16-9-7-8-15(14-16)17(23)22-12-5-2-6-13-22/h7-9,14H,1-6,10-13,20H2,(H,21,24). The first kappa shape index (κ1) is 17.0. The Morgan fingerprint density at radius 2 is 1.67 bits per heavy atom. The van der Waals surface area contributed by atoms with Gasteiger partial charge in [0.05, 0.1) is 5.54 Å². The van der Waals surface area contributed by atoms with Crippen molar-refractivity contribution in [2.45, 2.75) is 56.9 Å². The summed E-state index contributed by atoms with van der Waals surface area (Å²) in [5, 5.41) is 2.92. The van der Waals surface area contributed by atoms with Crippen molar-refractivity contribution in [1.82, 2.24) is 4.90 Å². The van der Waals surface area contributed by atoms with E-state index >= 15 is 0 Å². The van der Waals surface area contributed by atoms with Gasteiger partial charge in [-0.3, -0.25) is 9.59 Å². The Kier molecular flexibility index (Phi) is 5.19. The van der Waals surface area contributed by atoms with Crippen molar-refractivity contribution < 1.29 is 9.59 Å². The number of amides is 2. The van der Waals surface area contributed by atoms with Gasteiger partial charge in [0, 0.05) is 24.3 Å². The number of likely N-dealkylation sites (tertiary alicyclic amines) is 1. The molecule has 0 aromatic heterocycles. The van der Waals surface area contributed by atoms with Crippen molar-refractivity contribution >= 4 is 17.5 Å². The van der Waals surface area contributed by atoms with E-state index in [9.17, 15) is 9.59 Å². The number of hydrogen-bond acceptors (Lipinski definition) is 3. The van der Waals surface area contributed by atoms with Gasteiger partial charge in [0.15, 0.2) is 0 Å². The fraction of sp³-hybridized carbons (Fsp3) is 0.579. The quantitative estimate of drug-likeness (QED) is 0.895. The predicted molar refractivity (Wildman–Crippen MR) is 94.8 cm³/mol. The molecule has 0 atom stereocenters. The van der Waals surface area contributed by atoms with Crippen molar-refractivity contribution in [1.29, 1.82) is 0 Å². The molecule has 24 heavy (non-hydrogen) atoms. The first-order valence-electron chi connectivity index (χ1n) is 9.08. The molecule has 5 nitrogen and oxygen atoms in total. The summed E-state index contributed by atoms with van der Waals surface area (Å²) < 4.78 is 0. The fourth-order valence-corrected chi connectivity index (χ4v) is 3.67. The summed E-state index contributed by atoms with van der Waals surface area (Å²) in [7, 11) is 0. The van der Waals surface area contributed by atoms with Crippen LogP contribution in [0.4, 0.5) is 5.69 Å². The van der Waals surface area contributed by atoms with Crippen molar-refractivity contribution in [2.75, 3.05) is 18.4 Å². The van der Waals surface area contributed by atoms with Crippen LogP contribution in [-0.4, -0.2) is 35.3 Å². The fourth-order valence-electron chi connectivity index (χ4n) is 3.67. The normalized spacial score (nSPS) is 20.5. The predicted octanol–water partition coefficient (Wildman–Crippen LogP) is 2.91. The molecule has 1 heterocycles. The van der Waals surface area contributed by atoms with Crippen LogP contribution in [0.3, 0.4) is 0 Å². The summed E-state index contributed by atoms with van der Waals surface area (Å²) in [6.07, 6.45) is 7.92. The average Bonchev–Trinajstić information content (AvgIpc) is 2.62. The molecule has 2 fully saturated rings. The van der Waals surface area contributed by atoms with Gasteiger partial charge in [0.1, 0.15) is 0 Å². The Morgan fingerprint density at radius 1 is 1.00 bits per heavy atom. The average molecular weight is 329 g/mol. The number of nitrogens with two attached hydrogens (primary N) is 1. The van der Waals surface area contributed by atoms with Gasteiger partial charge in [-0.05, 0) is 50.3 Å². The summed E-state index contributed by atoms with van der Waals surface area (Å²) in [4.78, 5) is 27.0. The van der Waals surface area contributed by atoms with Gasteiger partial charge < -0.3 is 16.0 Å². The number of piperidine rings is 1. The van der Waals surface area contributed by atoms with Crippen LogP contribution in [-0.2, 0) is 4.79 Å². The number of hydrogen-bond donors (Lipinski definition) is 2. The Balaban J connectivity index is 1.68. The molecule has 3 N–H and O–H groups in total. The van der Waals surface area contributed by atoms with Crippen LogP contribution in [0.2, 0.25) is 0 Å². The number of nitrogens with one attached hydrogen (secondary N) is 1. The molecule has 2 aliphatic rings. The summed E-state index contributed by atoms with van der Waals surface area (Å²) >= 11 is 0. The van der Waals surface area contributed by atoms with E-state index < -0.39 is 5.54 Å². The molecule has 2 amide bonds. The first-order chi connectivity index (χ1) is 11.6. The van der Waals surface area contributed by atoms with E-state index in [1.807, 2.05) is 23.1 Å². The number of carbonyl (C=O) groups is 2. The number of carbonyl (C=O) groups excluding carboxylic acids is 2. The van der Waals surface area contributed by atoms with Gasteiger partial charge in [-0.2, -0.15) is 0 Å². The van der Waals surface area contributed by atoms with Gasteiger partial charge >= 0.3 is 0 Å². The van der Waals surface area contributed by atoms with E-state index in [0.29, 0.717) is 11.3 Å². The first-order valence-corrected chi connectivity index (χ1v) is 9.08. The van der Waals surface area contributed by atoms with Crippen molar-refractivity contribution in [3.63, 3.8) is 0 Å². The molecule has 1 saturated carbocycles. The lowest BCUT2D eigenvalue weighted by Gasteiger charge is -2.31. The Bertz CT molecular complexity index is 602. The molecule has 0 radical (unpaired) electrons. The van der Waals surface area contributed by atoms with Crippen molar-refractivity contribution in [2.24, 2.45) is 5.73 Å². The minimum absolute atomic E-state index is 0.0472. The molecule has 5 heteroatoms. The highest BCUT2D eigenvalue weighted by atomic mass is 16.2. The number of benzene rings is 1. The van der Waals surface area contributed by atoms with Crippen LogP contribution in [0.5, 0.6) is 0 Å². The van der Waals surface area contributed by atoms with Crippen LogP contribution in [0.25, 0.3) is 0 Å². The number of anilines is 1. The van der Waals surface area contributed by atoms with Gasteiger partial charge in [-0.15, -0.1) is 0 Å². The molecule has 1 aliphatic heterocycles. The Hall–Kier alpha value is -1.88. The van der Waals surface area contributed by atoms with Crippen molar-refractivity contribution in [3.05, 3.63) is 29.8 Å². The zero-order valence-electron chi connectivity index (χ0n) is 14.2. The van der Waals surface area contributed by atoms with Crippen LogP contribution >= 0.6 is 0 Å². The van der Waals surface area contributed by atoms with Gasteiger partial charge in [0.2, 0.25) is 5.91 Å². The van der Waals surface area contributed by atoms with Crippen LogP contribution < -0.4 is 11.1 Å². The second kappa shape index (κ2) is 7.34. The molecule has 3 rings (SSSR count). The maximum Gasteiger partial charge on any atom is 0.253 e. The zero-order chi connectivity index (χ0) is 17.0. The summed E-state index contributed by atoms with van der Waals surface area (Å²) in [5.41, 5.74) is 6.79. The molecular weight excluding hydrogens is 302 g/mol. The molecule has 1 aromatic rings. The monoisotopic (exact) mass is 329 g/mol. The van der Waals surface area contributed by atoms with E-state index in [0.717, 1.165) is 58.0 Å². The Labute approximate surface area is 143 Å². The van der Waals surface area contributed by atoms with E-state index in [2.05, 4.69) is 5.32 Å². The maximum atomic E-state index is 12.6. The largest absolute Gasteiger partial charge is 0.339 e. The maximum absolute atomic E-state index is 12.6.